The first-order valence-electron chi connectivity index (χ1n) is 5.02. The van der Waals surface area contributed by atoms with Crippen molar-refractivity contribution in [1.82, 2.24) is 15.2 Å². The second-order valence-electron chi connectivity index (χ2n) is 3.55. The molecule has 0 atom stereocenters. The molecule has 2 heterocycles. The van der Waals surface area contributed by atoms with Crippen molar-refractivity contribution in [2.24, 2.45) is 5.73 Å². The van der Waals surface area contributed by atoms with Gasteiger partial charge in [0, 0.05) is 0 Å². The normalized spacial score (nSPS) is 11.3. The molecule has 0 unspecified atom stereocenters. The molecule has 4 N–H and O–H groups in total. The maximum absolute atomic E-state index is 12.5. The van der Waals surface area contributed by atoms with Gasteiger partial charge in [-0.15, -0.1) is 0 Å². The lowest BCUT2D eigenvalue weighted by Crippen LogP contribution is -2.13. The number of anilines is 2. The van der Waals surface area contributed by atoms with Crippen LogP contribution < -0.4 is 11.1 Å². The molecular weight excluding hydrogens is 263 g/mol. The lowest BCUT2D eigenvalue weighted by atomic mass is 10.3. The van der Waals surface area contributed by atoms with Crippen molar-refractivity contribution in [3.63, 3.8) is 0 Å². The number of aromatic nitrogens is 3. The molecule has 9 heteroatoms. The number of pyridine rings is 1. The summed E-state index contributed by atoms with van der Waals surface area (Å²) >= 11 is 0. The molecule has 2 aromatic rings. The number of primary amides is 1. The van der Waals surface area contributed by atoms with Gasteiger partial charge in [-0.05, 0) is 12.1 Å². The van der Waals surface area contributed by atoms with E-state index in [4.69, 9.17) is 5.73 Å². The maximum atomic E-state index is 12.5. The molecule has 0 fully saturated rings. The molecule has 6 nitrogen and oxygen atoms in total. The summed E-state index contributed by atoms with van der Waals surface area (Å²) in [6.45, 7) is 0. The van der Waals surface area contributed by atoms with Crippen molar-refractivity contribution in [3.05, 3.63) is 35.7 Å². The zero-order valence-electron chi connectivity index (χ0n) is 9.32. The minimum absolute atomic E-state index is 0.0270. The van der Waals surface area contributed by atoms with Crippen molar-refractivity contribution in [2.75, 3.05) is 5.32 Å². The molecule has 2 aromatic heterocycles. The number of carbonyl (C=O) groups is 1. The number of alkyl halides is 3. The third-order valence-corrected chi connectivity index (χ3v) is 2.20. The number of nitrogens with one attached hydrogen (secondary N) is 2. The number of carbonyl (C=O) groups excluding carboxylic acids is 1. The fourth-order valence-corrected chi connectivity index (χ4v) is 1.36. The molecule has 0 radical (unpaired) electrons. The van der Waals surface area contributed by atoms with E-state index in [-0.39, 0.29) is 17.2 Å². The zero-order valence-corrected chi connectivity index (χ0v) is 9.32. The summed E-state index contributed by atoms with van der Waals surface area (Å²) in [4.78, 5) is 14.4. The van der Waals surface area contributed by atoms with Crippen molar-refractivity contribution in [1.29, 1.82) is 0 Å². The molecule has 0 saturated heterocycles. The second kappa shape index (κ2) is 4.59. The molecule has 1 amide bonds. The average molecular weight is 271 g/mol. The van der Waals surface area contributed by atoms with Crippen LogP contribution in [0.5, 0.6) is 0 Å². The van der Waals surface area contributed by atoms with Crippen molar-refractivity contribution >= 4 is 17.5 Å². The molecule has 0 saturated carbocycles. The van der Waals surface area contributed by atoms with Gasteiger partial charge < -0.3 is 11.1 Å². The molecule has 0 aliphatic carbocycles. The Hall–Kier alpha value is -2.58. The Morgan fingerprint density at radius 1 is 1.37 bits per heavy atom. The van der Waals surface area contributed by atoms with Gasteiger partial charge in [-0.2, -0.15) is 18.3 Å². The van der Waals surface area contributed by atoms with Gasteiger partial charge in [0.15, 0.2) is 0 Å². The van der Waals surface area contributed by atoms with Gasteiger partial charge in [-0.3, -0.25) is 9.89 Å². The van der Waals surface area contributed by atoms with Crippen molar-refractivity contribution in [2.45, 2.75) is 6.18 Å². The van der Waals surface area contributed by atoms with Gasteiger partial charge in [-0.1, -0.05) is 6.07 Å². The number of hydrogen-bond donors (Lipinski definition) is 3. The minimum Gasteiger partial charge on any atom is -0.365 e. The largest absolute Gasteiger partial charge is 0.433 e. The van der Waals surface area contributed by atoms with Crippen molar-refractivity contribution in [3.8, 4) is 0 Å². The molecular formula is C10H8F3N5O. The third-order valence-electron chi connectivity index (χ3n) is 2.20. The quantitative estimate of drug-likeness (QED) is 0.791. The minimum atomic E-state index is -4.54. The van der Waals surface area contributed by atoms with Crippen LogP contribution in [-0.2, 0) is 6.18 Å². The van der Waals surface area contributed by atoms with Gasteiger partial charge in [-0.25, -0.2) is 4.98 Å². The number of halogens is 3. The monoisotopic (exact) mass is 271 g/mol. The summed E-state index contributed by atoms with van der Waals surface area (Å²) < 4.78 is 37.4. The maximum Gasteiger partial charge on any atom is 0.433 e. The summed E-state index contributed by atoms with van der Waals surface area (Å²) in [5.41, 5.74) is 4.06. The number of aromatic amines is 1. The number of rotatable bonds is 3. The fourth-order valence-electron chi connectivity index (χ4n) is 1.36. The Bertz CT molecular complexity index is 607. The zero-order chi connectivity index (χ0) is 14.0. The molecule has 0 aromatic carbocycles. The highest BCUT2D eigenvalue weighted by molar-refractivity contribution is 5.97. The highest BCUT2D eigenvalue weighted by Crippen LogP contribution is 2.28. The lowest BCUT2D eigenvalue weighted by molar-refractivity contribution is -0.141. The molecule has 100 valence electrons. The van der Waals surface area contributed by atoms with Crippen LogP contribution in [0.1, 0.15) is 16.1 Å². The predicted molar refractivity (Wildman–Crippen MR) is 59.6 cm³/mol. The number of H-pyrrole nitrogens is 1. The lowest BCUT2D eigenvalue weighted by Gasteiger charge is -2.08. The first-order valence-corrected chi connectivity index (χ1v) is 5.02. The van der Waals surface area contributed by atoms with E-state index in [0.717, 1.165) is 12.3 Å². The summed E-state index contributed by atoms with van der Waals surface area (Å²) in [5, 5.41) is 8.50. The van der Waals surface area contributed by atoms with E-state index in [1.54, 1.807) is 0 Å². The Balaban J connectivity index is 2.29. The number of nitrogens with zero attached hydrogens (tertiary/aromatic N) is 2. The Labute approximate surface area is 104 Å². The number of amides is 1. The van der Waals surface area contributed by atoms with Crippen LogP contribution in [0.4, 0.5) is 24.8 Å². The predicted octanol–water partition coefficient (Wildman–Crippen LogP) is 1.67. The van der Waals surface area contributed by atoms with Crippen LogP contribution in [0, 0.1) is 0 Å². The van der Waals surface area contributed by atoms with Crippen LogP contribution in [0.15, 0.2) is 24.4 Å². The van der Waals surface area contributed by atoms with Crippen LogP contribution >= 0.6 is 0 Å². The topological polar surface area (TPSA) is 96.7 Å². The summed E-state index contributed by atoms with van der Waals surface area (Å²) in [7, 11) is 0. The smallest absolute Gasteiger partial charge is 0.365 e. The van der Waals surface area contributed by atoms with Crippen LogP contribution in [-0.4, -0.2) is 21.1 Å². The van der Waals surface area contributed by atoms with Gasteiger partial charge in [0.2, 0.25) is 0 Å². The van der Waals surface area contributed by atoms with Crippen LogP contribution in [0.25, 0.3) is 0 Å². The van der Waals surface area contributed by atoms with E-state index in [1.807, 2.05) is 0 Å². The van der Waals surface area contributed by atoms with Crippen LogP contribution in [0.3, 0.4) is 0 Å². The van der Waals surface area contributed by atoms with E-state index in [9.17, 15) is 18.0 Å². The fraction of sp³-hybridized carbons (Fsp3) is 0.100. The third kappa shape index (κ3) is 2.81. The first kappa shape index (κ1) is 12.9. The molecule has 0 bridgehead atoms. The summed E-state index contributed by atoms with van der Waals surface area (Å²) in [6, 6.07) is 3.35. The van der Waals surface area contributed by atoms with Crippen LogP contribution in [0.2, 0.25) is 0 Å². The van der Waals surface area contributed by atoms with Gasteiger partial charge >= 0.3 is 6.18 Å². The van der Waals surface area contributed by atoms with Gasteiger partial charge in [0.1, 0.15) is 22.9 Å². The molecule has 0 aliphatic heterocycles. The molecule has 0 spiro atoms. The second-order valence-corrected chi connectivity index (χ2v) is 3.55. The highest BCUT2D eigenvalue weighted by atomic mass is 19.4. The van der Waals surface area contributed by atoms with E-state index in [1.165, 1.54) is 12.1 Å². The van der Waals surface area contributed by atoms with Crippen molar-refractivity contribution < 1.29 is 18.0 Å². The number of hydrogen-bond acceptors (Lipinski definition) is 4. The summed E-state index contributed by atoms with van der Waals surface area (Å²) in [5.74, 6) is -0.760. The average Bonchev–Trinajstić information content (AvgIpc) is 2.76. The van der Waals surface area contributed by atoms with Gasteiger partial charge in [0.25, 0.3) is 5.91 Å². The molecule has 0 aliphatic rings. The van der Waals surface area contributed by atoms with Gasteiger partial charge in [0.05, 0.1) is 6.20 Å². The Morgan fingerprint density at radius 2 is 2.11 bits per heavy atom. The Morgan fingerprint density at radius 3 is 2.74 bits per heavy atom. The molecule has 19 heavy (non-hydrogen) atoms. The SMILES string of the molecule is NC(=O)c1cn[nH]c1Nc1cccc(C(F)(F)F)n1. The Kier molecular flexibility index (Phi) is 3.11. The number of nitrogens with two attached hydrogens (primary N) is 1. The molecule has 2 rings (SSSR count). The van der Waals surface area contributed by atoms with E-state index < -0.39 is 17.8 Å². The highest BCUT2D eigenvalue weighted by Gasteiger charge is 2.32. The summed E-state index contributed by atoms with van der Waals surface area (Å²) in [6.07, 6.45) is -3.38. The van der Waals surface area contributed by atoms with E-state index >= 15 is 0 Å². The van der Waals surface area contributed by atoms with E-state index in [2.05, 4.69) is 20.5 Å². The van der Waals surface area contributed by atoms with E-state index in [0.29, 0.717) is 0 Å². The standard InChI is InChI=1S/C10H8F3N5O/c11-10(12,13)6-2-1-3-7(16-6)17-9-5(8(14)19)4-15-18-9/h1-4H,(H2,14,19)(H2,15,16,17,18). The first-order chi connectivity index (χ1) is 8.88.